The van der Waals surface area contributed by atoms with Crippen molar-refractivity contribution in [2.24, 2.45) is 0 Å². The van der Waals surface area contributed by atoms with Crippen molar-refractivity contribution in [2.45, 2.75) is 33.0 Å². The molecule has 20 heavy (non-hydrogen) atoms. The summed E-state index contributed by atoms with van der Waals surface area (Å²) in [6, 6.07) is 11.9. The number of ether oxygens (including phenoxy) is 1. The molecule has 1 heterocycles. The largest absolute Gasteiger partial charge is 0.492 e. The third-order valence-corrected chi connectivity index (χ3v) is 3.02. The lowest BCUT2D eigenvalue weighted by Crippen LogP contribution is -2.31. The number of nitrogens with one attached hydrogen (secondary N) is 1. The number of aliphatic hydroxyl groups excluding tert-OH is 1. The van der Waals surface area contributed by atoms with Gasteiger partial charge in [-0.05, 0) is 38.1 Å². The van der Waals surface area contributed by atoms with Crippen molar-refractivity contribution in [3.8, 4) is 5.75 Å². The number of furan rings is 1. The van der Waals surface area contributed by atoms with Crippen LogP contribution in [0.3, 0.4) is 0 Å². The van der Waals surface area contributed by atoms with Crippen molar-refractivity contribution < 1.29 is 14.3 Å². The Morgan fingerprint density at radius 3 is 2.50 bits per heavy atom. The molecular weight excluding hydrogens is 254 g/mol. The van der Waals surface area contributed by atoms with Gasteiger partial charge in [0.25, 0.3) is 0 Å². The zero-order valence-electron chi connectivity index (χ0n) is 11.9. The molecule has 4 nitrogen and oxygen atoms in total. The van der Waals surface area contributed by atoms with E-state index in [9.17, 15) is 0 Å². The van der Waals surface area contributed by atoms with E-state index in [4.69, 9.17) is 14.3 Å². The van der Waals surface area contributed by atoms with Crippen LogP contribution < -0.4 is 10.1 Å². The van der Waals surface area contributed by atoms with Gasteiger partial charge in [-0.25, -0.2) is 0 Å². The van der Waals surface area contributed by atoms with E-state index < -0.39 is 0 Å². The number of hydrogen-bond acceptors (Lipinski definition) is 4. The Balaban J connectivity index is 1.72. The molecule has 2 N–H and O–H groups in total. The van der Waals surface area contributed by atoms with Crippen LogP contribution in [0.25, 0.3) is 0 Å². The second kappa shape index (κ2) is 7.12. The monoisotopic (exact) mass is 275 g/mol. The molecule has 0 amide bonds. The Bertz CT molecular complexity index is 519. The molecule has 1 unspecified atom stereocenters. The van der Waals surface area contributed by atoms with Crippen molar-refractivity contribution in [3.05, 3.63) is 53.5 Å². The van der Waals surface area contributed by atoms with E-state index in [1.807, 2.05) is 30.3 Å². The van der Waals surface area contributed by atoms with Gasteiger partial charge >= 0.3 is 0 Å². The molecule has 0 saturated heterocycles. The van der Waals surface area contributed by atoms with E-state index in [-0.39, 0.29) is 12.6 Å². The summed E-state index contributed by atoms with van der Waals surface area (Å²) in [5.74, 6) is 2.28. The quantitative estimate of drug-likeness (QED) is 0.815. The molecule has 2 rings (SSSR count). The van der Waals surface area contributed by atoms with Gasteiger partial charge in [0, 0.05) is 6.04 Å². The van der Waals surface area contributed by atoms with Crippen LogP contribution in [-0.4, -0.2) is 17.8 Å². The zero-order chi connectivity index (χ0) is 14.4. The molecule has 0 spiro atoms. The number of hydrogen-bond donors (Lipinski definition) is 2. The van der Waals surface area contributed by atoms with Crippen molar-refractivity contribution in [1.29, 1.82) is 0 Å². The summed E-state index contributed by atoms with van der Waals surface area (Å²) in [6.45, 7) is 5.27. The van der Waals surface area contributed by atoms with Crippen molar-refractivity contribution >= 4 is 0 Å². The standard InChI is InChI=1S/C16H21NO3/c1-12-3-5-14(6-4-12)19-11-13(2)17-9-15-7-8-16(10-18)20-15/h3-8,13,17-18H,9-11H2,1-2H3. The highest BCUT2D eigenvalue weighted by molar-refractivity contribution is 5.26. The molecule has 4 heteroatoms. The SMILES string of the molecule is Cc1ccc(OCC(C)NCc2ccc(CO)o2)cc1. The fraction of sp³-hybridized carbons (Fsp3) is 0.375. The lowest BCUT2D eigenvalue weighted by Gasteiger charge is -2.14. The van der Waals surface area contributed by atoms with E-state index >= 15 is 0 Å². The first-order valence-corrected chi connectivity index (χ1v) is 6.78. The van der Waals surface area contributed by atoms with Gasteiger partial charge in [-0.1, -0.05) is 17.7 Å². The number of rotatable bonds is 7. The van der Waals surface area contributed by atoms with Crippen molar-refractivity contribution in [2.75, 3.05) is 6.61 Å². The van der Waals surface area contributed by atoms with Crippen LogP contribution in [0.5, 0.6) is 5.75 Å². The molecule has 0 saturated carbocycles. The van der Waals surface area contributed by atoms with E-state index in [2.05, 4.69) is 19.2 Å². The Hall–Kier alpha value is -1.78. The second-order valence-corrected chi connectivity index (χ2v) is 4.93. The maximum Gasteiger partial charge on any atom is 0.129 e. The molecule has 2 aromatic rings. The third-order valence-electron chi connectivity index (χ3n) is 3.02. The molecule has 0 aliphatic heterocycles. The highest BCUT2D eigenvalue weighted by atomic mass is 16.5. The van der Waals surface area contributed by atoms with Gasteiger partial charge in [-0.2, -0.15) is 0 Å². The second-order valence-electron chi connectivity index (χ2n) is 4.93. The molecule has 0 fully saturated rings. The molecule has 0 aliphatic carbocycles. The summed E-state index contributed by atoms with van der Waals surface area (Å²) >= 11 is 0. The fourth-order valence-electron chi connectivity index (χ4n) is 1.79. The summed E-state index contributed by atoms with van der Waals surface area (Å²) in [5.41, 5.74) is 1.22. The minimum Gasteiger partial charge on any atom is -0.492 e. The topological polar surface area (TPSA) is 54.6 Å². The van der Waals surface area contributed by atoms with Gasteiger partial charge in [0.2, 0.25) is 0 Å². The number of aliphatic hydroxyl groups is 1. The molecule has 108 valence electrons. The molecule has 1 aromatic carbocycles. The Kier molecular flexibility index (Phi) is 5.21. The molecule has 0 aliphatic rings. The summed E-state index contributed by atoms with van der Waals surface area (Å²) in [5, 5.41) is 12.2. The maximum absolute atomic E-state index is 8.92. The molecule has 1 atom stereocenters. The summed E-state index contributed by atoms with van der Waals surface area (Å²) in [4.78, 5) is 0. The van der Waals surface area contributed by atoms with E-state index in [0.29, 0.717) is 18.9 Å². The highest BCUT2D eigenvalue weighted by Crippen LogP contribution is 2.12. The smallest absolute Gasteiger partial charge is 0.129 e. The van der Waals surface area contributed by atoms with E-state index in [1.165, 1.54) is 5.56 Å². The molecule has 1 aromatic heterocycles. The summed E-state index contributed by atoms with van der Waals surface area (Å²) in [6.07, 6.45) is 0. The Morgan fingerprint density at radius 2 is 1.85 bits per heavy atom. The first kappa shape index (κ1) is 14.6. The maximum atomic E-state index is 8.92. The first-order chi connectivity index (χ1) is 9.67. The average Bonchev–Trinajstić information content (AvgIpc) is 2.92. The van der Waals surface area contributed by atoms with Crippen molar-refractivity contribution in [3.63, 3.8) is 0 Å². The van der Waals surface area contributed by atoms with E-state index in [0.717, 1.165) is 11.5 Å². The minimum atomic E-state index is -0.0634. The highest BCUT2D eigenvalue weighted by Gasteiger charge is 2.05. The predicted octanol–water partition coefficient (Wildman–Crippen LogP) is 2.64. The molecule has 0 bridgehead atoms. The number of aryl methyl sites for hydroxylation is 1. The van der Waals surface area contributed by atoms with Crippen LogP contribution in [0.4, 0.5) is 0 Å². The predicted molar refractivity (Wildman–Crippen MR) is 77.6 cm³/mol. The zero-order valence-corrected chi connectivity index (χ0v) is 11.9. The van der Waals surface area contributed by atoms with Gasteiger partial charge in [0.15, 0.2) is 0 Å². The normalized spacial score (nSPS) is 12.3. The molecular formula is C16H21NO3. The van der Waals surface area contributed by atoms with Crippen LogP contribution >= 0.6 is 0 Å². The lowest BCUT2D eigenvalue weighted by molar-refractivity contribution is 0.239. The molecule has 0 radical (unpaired) electrons. The average molecular weight is 275 g/mol. The number of benzene rings is 1. The summed E-state index contributed by atoms with van der Waals surface area (Å²) in [7, 11) is 0. The van der Waals surface area contributed by atoms with Gasteiger partial charge in [-0.3, -0.25) is 0 Å². The van der Waals surface area contributed by atoms with E-state index in [1.54, 1.807) is 6.07 Å². The van der Waals surface area contributed by atoms with Gasteiger partial charge in [0.05, 0.1) is 6.54 Å². The van der Waals surface area contributed by atoms with Crippen molar-refractivity contribution in [1.82, 2.24) is 5.32 Å². The van der Waals surface area contributed by atoms with Crippen LogP contribution in [0.15, 0.2) is 40.8 Å². The van der Waals surface area contributed by atoms with Gasteiger partial charge in [-0.15, -0.1) is 0 Å². The van der Waals surface area contributed by atoms with Crippen LogP contribution in [-0.2, 0) is 13.2 Å². The van der Waals surface area contributed by atoms with Gasteiger partial charge < -0.3 is 19.6 Å². The Morgan fingerprint density at radius 1 is 1.15 bits per heavy atom. The van der Waals surface area contributed by atoms with Crippen LogP contribution in [0, 0.1) is 6.92 Å². The Labute approximate surface area is 119 Å². The van der Waals surface area contributed by atoms with Crippen LogP contribution in [0.2, 0.25) is 0 Å². The van der Waals surface area contributed by atoms with Gasteiger partial charge in [0.1, 0.15) is 30.5 Å². The minimum absolute atomic E-state index is 0.0634. The lowest BCUT2D eigenvalue weighted by atomic mass is 10.2. The summed E-state index contributed by atoms with van der Waals surface area (Å²) < 4.78 is 11.1. The van der Waals surface area contributed by atoms with Crippen LogP contribution in [0.1, 0.15) is 24.0 Å². The first-order valence-electron chi connectivity index (χ1n) is 6.78. The fourth-order valence-corrected chi connectivity index (χ4v) is 1.79. The third kappa shape index (κ3) is 4.40.